The lowest BCUT2D eigenvalue weighted by Gasteiger charge is -2.50. The second-order valence-corrected chi connectivity index (χ2v) is 8.47. The third-order valence-corrected chi connectivity index (χ3v) is 6.40. The van der Waals surface area contributed by atoms with Crippen molar-refractivity contribution >= 4 is 35.5 Å². The number of quaternary nitrogens is 1. The van der Waals surface area contributed by atoms with Crippen LogP contribution in [0.2, 0.25) is 0 Å². The number of aliphatic carboxylic acids is 1. The first kappa shape index (κ1) is 23.8. The van der Waals surface area contributed by atoms with Crippen LogP contribution in [-0.2, 0) is 19.1 Å². The van der Waals surface area contributed by atoms with Crippen LogP contribution in [-0.4, -0.2) is 78.6 Å². The molecule has 4 N–H and O–H groups in total. The quantitative estimate of drug-likeness (QED) is 0.320. The Balaban J connectivity index is 0.000000416. The summed E-state index contributed by atoms with van der Waals surface area (Å²) in [7, 11) is 0. The standard InChI is InChI=1S/C17H16N2O6S.C4H10N2/c1-9(20)25-7-11-8-26-16-12(15(22)19(16)13(11)17(23)24)18-14(21)10-5-3-2-4-6-10;1-2-6-4-3-5-1/h2-6,12,16H,7-8H2,1H3,(H,18,21)(H,23,24);5-6H,1-4H2/t12-,16-;/m1./s1. The number of carbonyl (C=O) groups is 4. The van der Waals surface area contributed by atoms with Crippen LogP contribution in [0.5, 0.6) is 0 Å². The number of thioether (sulfide) groups is 1. The number of rotatable bonds is 5. The van der Waals surface area contributed by atoms with E-state index in [1.807, 2.05) is 0 Å². The molecule has 0 radical (unpaired) electrons. The number of hydrogen-bond acceptors (Lipinski definition) is 8. The molecule has 1 aromatic carbocycles. The Labute approximate surface area is 189 Å². The number of β-lactam (4-membered cyclic amide) rings is 1. The van der Waals surface area contributed by atoms with Gasteiger partial charge in [0.2, 0.25) is 0 Å². The van der Waals surface area contributed by atoms with E-state index in [4.69, 9.17) is 4.74 Å². The van der Waals surface area contributed by atoms with Crippen molar-refractivity contribution in [1.29, 1.82) is 0 Å². The van der Waals surface area contributed by atoms with Crippen molar-refractivity contribution in [1.82, 2.24) is 15.5 Å². The smallest absolute Gasteiger partial charge is 0.302 e. The monoisotopic (exact) mass is 462 g/mol. The SMILES string of the molecule is C1C[NH2+]CCN1.CC(=O)OCC1=C(C(=O)[O-])N2C(=O)[C@@H](NC(=O)c3ccccc3)[C@H]2SC1. The van der Waals surface area contributed by atoms with Gasteiger partial charge in [-0.3, -0.25) is 19.3 Å². The number of ether oxygens (including phenoxy) is 1. The molecule has 2 amide bonds. The molecule has 2 atom stereocenters. The zero-order valence-corrected chi connectivity index (χ0v) is 18.5. The number of carboxylic acids is 1. The van der Waals surface area contributed by atoms with Gasteiger partial charge in [-0.1, -0.05) is 18.2 Å². The molecule has 3 aliphatic rings. The molecular weight excluding hydrogens is 436 g/mol. The number of fused-ring (bicyclic) bond motifs is 1. The first-order chi connectivity index (χ1) is 15.4. The summed E-state index contributed by atoms with van der Waals surface area (Å²) >= 11 is 1.29. The highest BCUT2D eigenvalue weighted by atomic mass is 32.2. The molecule has 0 unspecified atom stereocenters. The maximum absolute atomic E-state index is 12.4. The number of hydrogen-bond donors (Lipinski definition) is 3. The van der Waals surface area contributed by atoms with E-state index in [9.17, 15) is 24.3 Å². The molecule has 2 saturated heterocycles. The van der Waals surface area contributed by atoms with Crippen LogP contribution in [0, 0.1) is 0 Å². The predicted octanol–water partition coefficient (Wildman–Crippen LogP) is -2.58. The zero-order chi connectivity index (χ0) is 23.1. The van der Waals surface area contributed by atoms with Crippen molar-refractivity contribution in [3.8, 4) is 0 Å². The minimum absolute atomic E-state index is 0.219. The van der Waals surface area contributed by atoms with Crippen molar-refractivity contribution in [2.24, 2.45) is 0 Å². The van der Waals surface area contributed by atoms with Crippen molar-refractivity contribution in [3.63, 3.8) is 0 Å². The Hall–Kier alpha value is -2.89. The molecule has 3 heterocycles. The van der Waals surface area contributed by atoms with Crippen LogP contribution in [0.4, 0.5) is 0 Å². The van der Waals surface area contributed by atoms with Gasteiger partial charge in [-0.15, -0.1) is 11.8 Å². The van der Waals surface area contributed by atoms with E-state index in [1.165, 1.54) is 44.9 Å². The maximum atomic E-state index is 12.4. The van der Waals surface area contributed by atoms with E-state index in [-0.39, 0.29) is 18.1 Å². The van der Waals surface area contributed by atoms with Crippen LogP contribution in [0.1, 0.15) is 17.3 Å². The van der Waals surface area contributed by atoms with Crippen LogP contribution < -0.4 is 21.1 Å². The van der Waals surface area contributed by atoms with Crippen molar-refractivity contribution in [2.75, 3.05) is 38.5 Å². The van der Waals surface area contributed by atoms with E-state index in [2.05, 4.69) is 16.0 Å². The maximum Gasteiger partial charge on any atom is 0.302 e. The summed E-state index contributed by atoms with van der Waals surface area (Å²) in [6, 6.07) is 7.60. The normalized spacial score (nSPS) is 22.0. The number of esters is 1. The average molecular weight is 463 g/mol. The fraction of sp³-hybridized carbons (Fsp3) is 0.429. The molecule has 4 rings (SSSR count). The van der Waals surface area contributed by atoms with E-state index < -0.39 is 35.2 Å². The zero-order valence-electron chi connectivity index (χ0n) is 17.7. The summed E-state index contributed by atoms with van der Waals surface area (Å²) in [5.41, 5.74) is 0.415. The van der Waals surface area contributed by atoms with Gasteiger partial charge in [0.15, 0.2) is 0 Å². The van der Waals surface area contributed by atoms with Gasteiger partial charge in [-0.05, 0) is 12.1 Å². The van der Waals surface area contributed by atoms with Crippen molar-refractivity contribution in [3.05, 3.63) is 47.2 Å². The summed E-state index contributed by atoms with van der Waals surface area (Å²) in [6.07, 6.45) is 0. The number of nitrogens with zero attached hydrogens (tertiary/aromatic N) is 1. The summed E-state index contributed by atoms with van der Waals surface area (Å²) in [6.45, 7) is 5.91. The van der Waals surface area contributed by atoms with Gasteiger partial charge >= 0.3 is 5.97 Å². The molecule has 0 bridgehead atoms. The first-order valence-electron chi connectivity index (χ1n) is 10.3. The van der Waals surface area contributed by atoms with Gasteiger partial charge in [0, 0.05) is 36.9 Å². The molecule has 32 heavy (non-hydrogen) atoms. The Morgan fingerprint density at radius 2 is 1.94 bits per heavy atom. The van der Waals surface area contributed by atoms with Gasteiger partial charge in [0.1, 0.15) is 18.0 Å². The van der Waals surface area contributed by atoms with E-state index >= 15 is 0 Å². The highest BCUT2D eigenvalue weighted by molar-refractivity contribution is 8.00. The number of piperazine rings is 1. The number of carboxylic acid groups (broad SMARTS) is 1. The predicted molar refractivity (Wildman–Crippen MR) is 114 cm³/mol. The van der Waals surface area contributed by atoms with Gasteiger partial charge in [-0.2, -0.15) is 0 Å². The molecule has 172 valence electrons. The van der Waals surface area contributed by atoms with Crippen molar-refractivity contribution in [2.45, 2.75) is 18.3 Å². The van der Waals surface area contributed by atoms with E-state index in [0.717, 1.165) is 4.90 Å². The number of nitrogens with one attached hydrogen (secondary N) is 2. The van der Waals surface area contributed by atoms with E-state index in [1.54, 1.807) is 30.3 Å². The number of amides is 2. The highest BCUT2D eigenvalue weighted by Crippen LogP contribution is 2.40. The van der Waals surface area contributed by atoms with Gasteiger partial charge in [-0.25, -0.2) is 0 Å². The second-order valence-electron chi connectivity index (χ2n) is 7.36. The van der Waals surface area contributed by atoms with Crippen LogP contribution in [0.15, 0.2) is 41.6 Å². The Kier molecular flexibility index (Phi) is 8.26. The number of carbonyl (C=O) groups excluding carboxylic acids is 4. The molecule has 0 aromatic heterocycles. The summed E-state index contributed by atoms with van der Waals surface area (Å²) < 4.78 is 4.84. The van der Waals surface area contributed by atoms with Gasteiger partial charge in [0.05, 0.1) is 24.8 Å². The minimum Gasteiger partial charge on any atom is -0.543 e. The fourth-order valence-corrected chi connectivity index (χ4v) is 4.79. The summed E-state index contributed by atoms with van der Waals surface area (Å²) in [4.78, 5) is 48.2. The topological polar surface area (TPSA) is 144 Å². The Morgan fingerprint density at radius 3 is 2.47 bits per heavy atom. The average Bonchev–Trinajstić information content (AvgIpc) is 2.82. The molecule has 10 nitrogen and oxygen atoms in total. The van der Waals surface area contributed by atoms with Crippen molar-refractivity contribution < 1.29 is 34.3 Å². The molecule has 0 saturated carbocycles. The third-order valence-electron chi connectivity index (χ3n) is 5.06. The summed E-state index contributed by atoms with van der Waals surface area (Å²) in [5, 5.41) is 19.2. The largest absolute Gasteiger partial charge is 0.543 e. The molecule has 0 spiro atoms. The molecule has 11 heteroatoms. The number of benzene rings is 1. The minimum atomic E-state index is -1.52. The second kappa shape index (κ2) is 11.1. The number of nitrogens with two attached hydrogens (primary N) is 1. The van der Waals surface area contributed by atoms with Gasteiger partial charge < -0.3 is 30.6 Å². The summed E-state index contributed by atoms with van der Waals surface area (Å²) in [5.74, 6) is -2.76. The van der Waals surface area contributed by atoms with Crippen LogP contribution in [0.3, 0.4) is 0 Å². The third kappa shape index (κ3) is 5.67. The lowest BCUT2D eigenvalue weighted by Crippen LogP contribution is -2.89. The highest BCUT2D eigenvalue weighted by Gasteiger charge is 2.52. The fourth-order valence-electron chi connectivity index (χ4n) is 3.46. The van der Waals surface area contributed by atoms with Gasteiger partial charge in [0.25, 0.3) is 11.8 Å². The van der Waals surface area contributed by atoms with Crippen LogP contribution >= 0.6 is 11.8 Å². The molecule has 3 aliphatic heterocycles. The lowest BCUT2D eigenvalue weighted by atomic mass is 10.0. The molecule has 0 aliphatic carbocycles. The first-order valence-corrected chi connectivity index (χ1v) is 11.3. The Bertz CT molecular complexity index is 891. The molecular formula is C21H26N4O6S. The lowest BCUT2D eigenvalue weighted by molar-refractivity contribution is -0.657. The molecule has 2 fully saturated rings. The molecule has 1 aromatic rings. The van der Waals surface area contributed by atoms with Crippen LogP contribution in [0.25, 0.3) is 0 Å². The van der Waals surface area contributed by atoms with E-state index in [0.29, 0.717) is 11.1 Å². The Morgan fingerprint density at radius 1 is 1.25 bits per heavy atom.